The van der Waals surface area contributed by atoms with Crippen LogP contribution in [0.4, 0.5) is 37.7 Å². The molecule has 0 amide bonds. The molecular weight excluding hydrogens is 614 g/mol. The second-order valence-electron chi connectivity index (χ2n) is 12.1. The molecule has 2 saturated heterocycles. The van der Waals surface area contributed by atoms with Gasteiger partial charge in [0.1, 0.15) is 34.9 Å². The lowest BCUT2D eigenvalue weighted by Crippen LogP contribution is -2.44. The lowest BCUT2D eigenvalue weighted by Gasteiger charge is -2.34. The van der Waals surface area contributed by atoms with E-state index in [-0.39, 0.29) is 16.9 Å². The fraction of sp³-hybridized carbons (Fsp3) is 0.333. The van der Waals surface area contributed by atoms with E-state index in [9.17, 15) is 4.39 Å². The van der Waals surface area contributed by atoms with E-state index < -0.39 is 11.6 Å². The third kappa shape index (κ3) is 7.29. The highest BCUT2D eigenvalue weighted by atomic mass is 19.1. The summed E-state index contributed by atoms with van der Waals surface area (Å²) in [4.78, 5) is 22.5. The Labute approximate surface area is 279 Å². The van der Waals surface area contributed by atoms with E-state index in [1.54, 1.807) is 12.3 Å². The summed E-state index contributed by atoms with van der Waals surface area (Å²) in [6.45, 7) is 12.5. The molecule has 0 aliphatic carbocycles. The van der Waals surface area contributed by atoms with Gasteiger partial charge in [0.15, 0.2) is 0 Å². The molecule has 250 valence electrons. The Morgan fingerprint density at radius 2 is 1.50 bits per heavy atom. The largest absolute Gasteiger partial charge is 0.384 e. The Kier molecular flexibility index (Phi) is 9.93. The van der Waals surface area contributed by atoms with Gasteiger partial charge in [-0.1, -0.05) is 12.1 Å². The lowest BCUT2D eigenvalue weighted by molar-refractivity contribution is 0.0985. The molecule has 48 heavy (non-hydrogen) atoms. The third-order valence-electron chi connectivity index (χ3n) is 8.47. The predicted molar refractivity (Wildman–Crippen MR) is 186 cm³/mol. The van der Waals surface area contributed by atoms with Crippen LogP contribution in [0.3, 0.4) is 0 Å². The Morgan fingerprint density at radius 1 is 0.833 bits per heavy atom. The van der Waals surface area contributed by atoms with Crippen LogP contribution in [0.1, 0.15) is 25.0 Å². The number of anilines is 5. The fourth-order valence-corrected chi connectivity index (χ4v) is 5.99. The minimum Gasteiger partial charge on any atom is -0.384 e. The van der Waals surface area contributed by atoms with Crippen LogP contribution < -0.4 is 20.9 Å². The van der Waals surface area contributed by atoms with Crippen molar-refractivity contribution in [1.82, 2.24) is 19.9 Å². The smallest absolute Gasteiger partial charge is 0.137 e. The van der Waals surface area contributed by atoms with Gasteiger partial charge in [0.25, 0.3) is 0 Å². The summed E-state index contributed by atoms with van der Waals surface area (Å²) in [5, 5.41) is 3.51. The van der Waals surface area contributed by atoms with Crippen molar-refractivity contribution in [3.8, 4) is 11.4 Å². The molecule has 7 rings (SSSR count). The average Bonchev–Trinajstić information content (AvgIpc) is 3.06. The van der Waals surface area contributed by atoms with Gasteiger partial charge in [0, 0.05) is 37.0 Å². The molecule has 3 N–H and O–H groups in total. The van der Waals surface area contributed by atoms with Gasteiger partial charge in [-0.2, -0.15) is 0 Å². The van der Waals surface area contributed by atoms with Crippen LogP contribution in [0, 0.1) is 25.5 Å². The van der Waals surface area contributed by atoms with Crippen molar-refractivity contribution >= 4 is 39.9 Å². The predicted octanol–water partition coefficient (Wildman–Crippen LogP) is 6.44. The number of hydrogen-bond donors (Lipinski definition) is 2. The molecule has 0 bridgehead atoms. The maximum atomic E-state index is 15.0. The molecular formula is C36H40F2N8O2. The van der Waals surface area contributed by atoms with E-state index in [0.29, 0.717) is 53.5 Å². The standard InChI is InChI=1S/C26H25F2N5O.C10H15N3O/c1-15-7-8-29-21(11-15)25-17(3)26(24-19(28)12-18(27)13-20(24)30-25)32-22-5-4-6-23(31-22)33-9-10-34-14-16(33)2;1-8-7-14-6-5-13(8)10-4-2-3-9(11)12-10/h4-8,11-13,16H,9-10,14H2,1-3H3,(H,30,31,32);2-4,8H,5-7H2,1H3,(H2,11,12). The zero-order valence-electron chi connectivity index (χ0n) is 27.6. The molecule has 0 spiro atoms. The summed E-state index contributed by atoms with van der Waals surface area (Å²) < 4.78 is 40.0. The molecule has 0 radical (unpaired) electrons. The lowest BCUT2D eigenvalue weighted by atomic mass is 10.0. The van der Waals surface area contributed by atoms with Crippen LogP contribution in [0.5, 0.6) is 0 Å². The molecule has 4 aromatic heterocycles. The summed E-state index contributed by atoms with van der Waals surface area (Å²) in [6, 6.07) is 17.9. The minimum absolute atomic E-state index is 0.194. The van der Waals surface area contributed by atoms with Gasteiger partial charge >= 0.3 is 0 Å². The summed E-state index contributed by atoms with van der Waals surface area (Å²) >= 11 is 0. The van der Waals surface area contributed by atoms with Crippen molar-refractivity contribution in [1.29, 1.82) is 0 Å². The second-order valence-corrected chi connectivity index (χ2v) is 12.1. The normalized spacial score (nSPS) is 18.0. The molecule has 2 fully saturated rings. The molecule has 0 saturated carbocycles. The third-order valence-corrected chi connectivity index (χ3v) is 8.47. The average molecular weight is 655 g/mol. The van der Waals surface area contributed by atoms with Gasteiger partial charge in [0.2, 0.25) is 0 Å². The van der Waals surface area contributed by atoms with Crippen molar-refractivity contribution in [2.75, 3.05) is 60.4 Å². The second kappa shape index (κ2) is 14.4. The Morgan fingerprint density at radius 3 is 2.15 bits per heavy atom. The highest BCUT2D eigenvalue weighted by molar-refractivity contribution is 5.98. The first-order valence-corrected chi connectivity index (χ1v) is 16.1. The van der Waals surface area contributed by atoms with Crippen LogP contribution in [0.25, 0.3) is 22.3 Å². The molecule has 2 aliphatic rings. The molecule has 2 unspecified atom stereocenters. The van der Waals surface area contributed by atoms with Crippen molar-refractivity contribution < 1.29 is 18.3 Å². The maximum Gasteiger partial charge on any atom is 0.137 e. The number of nitrogen functional groups attached to an aromatic ring is 1. The van der Waals surface area contributed by atoms with Gasteiger partial charge < -0.3 is 30.3 Å². The molecule has 12 heteroatoms. The van der Waals surface area contributed by atoms with Crippen molar-refractivity contribution in [2.45, 2.75) is 39.8 Å². The minimum atomic E-state index is -0.685. The number of pyridine rings is 4. The maximum absolute atomic E-state index is 15.0. The number of halogens is 2. The van der Waals surface area contributed by atoms with Crippen molar-refractivity contribution in [2.24, 2.45) is 0 Å². The molecule has 2 aliphatic heterocycles. The van der Waals surface area contributed by atoms with Gasteiger partial charge in [-0.3, -0.25) is 4.98 Å². The number of aromatic nitrogens is 4. The number of nitrogens with one attached hydrogen (secondary N) is 1. The number of ether oxygens (including phenoxy) is 2. The Hall–Kier alpha value is -4.94. The van der Waals surface area contributed by atoms with Crippen LogP contribution in [-0.4, -0.2) is 71.5 Å². The topological polar surface area (TPSA) is 115 Å². The number of benzene rings is 1. The molecule has 1 aromatic carbocycles. The summed E-state index contributed by atoms with van der Waals surface area (Å²) in [5.41, 5.74) is 9.24. The number of hydrogen-bond acceptors (Lipinski definition) is 10. The van der Waals surface area contributed by atoms with Crippen molar-refractivity contribution in [3.63, 3.8) is 0 Å². The van der Waals surface area contributed by atoms with Gasteiger partial charge in [0.05, 0.1) is 66.5 Å². The van der Waals surface area contributed by atoms with E-state index in [4.69, 9.17) is 20.2 Å². The van der Waals surface area contributed by atoms with E-state index >= 15 is 4.39 Å². The fourth-order valence-electron chi connectivity index (χ4n) is 5.99. The van der Waals surface area contributed by atoms with Gasteiger partial charge in [-0.25, -0.2) is 23.7 Å². The number of rotatable bonds is 5. The highest BCUT2D eigenvalue weighted by Crippen LogP contribution is 2.36. The Balaban J connectivity index is 0.000000239. The SMILES string of the molecule is CC1COCCN1c1cccc(N)n1.Cc1ccnc(-c2nc3cc(F)cc(F)c3c(Nc3cccc(N4CCOCC4C)n3)c2C)c1. The van der Waals surface area contributed by atoms with Crippen LogP contribution in [-0.2, 0) is 9.47 Å². The first-order valence-electron chi connectivity index (χ1n) is 16.1. The van der Waals surface area contributed by atoms with E-state index in [2.05, 4.69) is 43.9 Å². The number of morpholine rings is 2. The highest BCUT2D eigenvalue weighted by Gasteiger charge is 2.23. The van der Waals surface area contributed by atoms with Crippen molar-refractivity contribution in [3.05, 3.63) is 89.6 Å². The summed E-state index contributed by atoms with van der Waals surface area (Å²) in [7, 11) is 0. The first-order chi connectivity index (χ1) is 23.2. The van der Waals surface area contributed by atoms with E-state index in [1.807, 2.05) is 56.3 Å². The molecule has 5 aromatic rings. The summed E-state index contributed by atoms with van der Waals surface area (Å²) in [5.74, 6) is 1.51. The number of nitrogens with two attached hydrogens (primary N) is 1. The van der Waals surface area contributed by atoms with Gasteiger partial charge in [-0.15, -0.1) is 0 Å². The van der Waals surface area contributed by atoms with Crippen LogP contribution >= 0.6 is 0 Å². The zero-order valence-corrected chi connectivity index (χ0v) is 27.6. The van der Waals surface area contributed by atoms with E-state index in [0.717, 1.165) is 49.6 Å². The number of nitrogens with zero attached hydrogens (tertiary/aromatic N) is 6. The zero-order chi connectivity index (χ0) is 33.8. The van der Waals surface area contributed by atoms with Crippen LogP contribution in [0.15, 0.2) is 66.9 Å². The molecule has 6 heterocycles. The monoisotopic (exact) mass is 654 g/mol. The van der Waals surface area contributed by atoms with E-state index in [1.165, 1.54) is 6.07 Å². The van der Waals surface area contributed by atoms with Crippen LogP contribution in [0.2, 0.25) is 0 Å². The first kappa shape index (κ1) is 33.0. The number of aryl methyl sites for hydroxylation is 1. The summed E-state index contributed by atoms with van der Waals surface area (Å²) in [6.07, 6.45) is 1.70. The number of fused-ring (bicyclic) bond motifs is 1. The molecule has 10 nitrogen and oxygen atoms in total. The van der Waals surface area contributed by atoms with Gasteiger partial charge in [-0.05, 0) is 69.7 Å². The quantitative estimate of drug-likeness (QED) is 0.219. The Bertz CT molecular complexity index is 1910. The molecule has 2 atom stereocenters.